The maximum atomic E-state index is 14.0. The van der Waals surface area contributed by atoms with Gasteiger partial charge >= 0.3 is 0 Å². The minimum atomic E-state index is -0.440. The number of carbonyl (C=O) groups is 1. The Labute approximate surface area is 211 Å². The highest BCUT2D eigenvalue weighted by Gasteiger charge is 2.48. The van der Waals surface area contributed by atoms with Crippen molar-refractivity contribution in [1.29, 1.82) is 0 Å². The van der Waals surface area contributed by atoms with E-state index in [4.69, 9.17) is 19.2 Å². The van der Waals surface area contributed by atoms with Gasteiger partial charge in [0, 0.05) is 43.1 Å². The van der Waals surface area contributed by atoms with E-state index < -0.39 is 5.82 Å². The summed E-state index contributed by atoms with van der Waals surface area (Å²) in [5.41, 5.74) is 2.70. The fourth-order valence-electron chi connectivity index (χ4n) is 5.19. The van der Waals surface area contributed by atoms with Crippen LogP contribution in [0, 0.1) is 17.2 Å². The van der Waals surface area contributed by atoms with Crippen molar-refractivity contribution < 1.29 is 23.4 Å². The van der Waals surface area contributed by atoms with Crippen molar-refractivity contribution >= 4 is 16.8 Å². The number of rotatable bonds is 11. The lowest BCUT2D eigenvalue weighted by molar-refractivity contribution is -0.189. The van der Waals surface area contributed by atoms with E-state index in [1.807, 2.05) is 36.6 Å². The first kappa shape index (κ1) is 24.7. The van der Waals surface area contributed by atoms with Gasteiger partial charge in [0.25, 0.3) is 0 Å². The van der Waals surface area contributed by atoms with Crippen molar-refractivity contribution in [2.45, 2.75) is 33.2 Å². The smallest absolute Gasteiger partial charge is 0.165 e. The third kappa shape index (κ3) is 5.11. The van der Waals surface area contributed by atoms with E-state index in [1.165, 1.54) is 13.2 Å². The van der Waals surface area contributed by atoms with Crippen molar-refractivity contribution in [3.8, 4) is 22.9 Å². The summed E-state index contributed by atoms with van der Waals surface area (Å²) in [5.74, 6) is 1.44. The number of hydrogen-bond acceptors (Lipinski definition) is 6. The molecule has 7 nitrogen and oxygen atoms in total. The number of Topliss-reactive ketones (excluding diaryl/α,β-unsaturated/α-hetero) is 1. The van der Waals surface area contributed by atoms with E-state index >= 15 is 0 Å². The first-order valence-electron chi connectivity index (χ1n) is 12.6. The summed E-state index contributed by atoms with van der Waals surface area (Å²) in [6, 6.07) is 10.4. The first-order chi connectivity index (χ1) is 17.4. The summed E-state index contributed by atoms with van der Waals surface area (Å²) in [6.07, 6.45) is 1.44. The summed E-state index contributed by atoms with van der Waals surface area (Å²) in [6.45, 7) is 9.97. The van der Waals surface area contributed by atoms with Gasteiger partial charge < -0.3 is 23.7 Å². The maximum Gasteiger partial charge on any atom is 0.165 e. The van der Waals surface area contributed by atoms with E-state index in [0.29, 0.717) is 29.8 Å². The standard InChI is InChI=1S/C28H34FN3O4/c1-19(2)11-21(33)14-32-25-8-6-22(36-10-4-9-31-15-28(16-31)17-35-18-28)13-24(25)30-27(32)20-5-7-23(29)26(12-20)34-3/h5-8,12-13,19H,4,9-11,14-18H2,1-3H3. The number of carbonyl (C=O) groups excluding carboxylic acids is 1. The number of fused-ring (bicyclic) bond motifs is 1. The normalized spacial score (nSPS) is 16.8. The lowest BCUT2D eigenvalue weighted by Gasteiger charge is -2.55. The average molecular weight is 496 g/mol. The molecule has 192 valence electrons. The molecular formula is C28H34FN3O4. The predicted molar refractivity (Wildman–Crippen MR) is 136 cm³/mol. The van der Waals surface area contributed by atoms with Gasteiger partial charge in [0.1, 0.15) is 11.6 Å². The van der Waals surface area contributed by atoms with Crippen LogP contribution in [0.1, 0.15) is 26.7 Å². The van der Waals surface area contributed by atoms with E-state index in [1.54, 1.807) is 12.1 Å². The van der Waals surface area contributed by atoms with Gasteiger partial charge in [-0.15, -0.1) is 0 Å². The summed E-state index contributed by atoms with van der Waals surface area (Å²) < 4.78 is 32.5. The van der Waals surface area contributed by atoms with Crippen molar-refractivity contribution in [3.63, 3.8) is 0 Å². The second-order valence-corrected chi connectivity index (χ2v) is 10.6. The number of likely N-dealkylation sites (tertiary alicyclic amines) is 1. The number of hydrogen-bond donors (Lipinski definition) is 0. The summed E-state index contributed by atoms with van der Waals surface area (Å²) in [5, 5.41) is 0. The summed E-state index contributed by atoms with van der Waals surface area (Å²) in [4.78, 5) is 20.0. The second kappa shape index (κ2) is 10.2. The molecule has 0 aliphatic carbocycles. The number of benzene rings is 2. The van der Waals surface area contributed by atoms with E-state index in [2.05, 4.69) is 4.90 Å². The topological polar surface area (TPSA) is 65.8 Å². The Balaban J connectivity index is 1.32. The van der Waals surface area contributed by atoms with Crippen LogP contribution in [0.5, 0.6) is 11.5 Å². The molecule has 2 aliphatic rings. The van der Waals surface area contributed by atoms with Crippen LogP contribution in [0.4, 0.5) is 4.39 Å². The van der Waals surface area contributed by atoms with E-state index in [-0.39, 0.29) is 24.0 Å². The molecule has 8 heteroatoms. The molecule has 2 aliphatic heterocycles. The number of imidazole rings is 1. The molecule has 0 bridgehead atoms. The maximum absolute atomic E-state index is 14.0. The SMILES string of the molecule is COc1cc(-c2nc3cc(OCCCN4CC5(COC5)C4)ccc3n2CC(=O)CC(C)C)ccc1F. The summed E-state index contributed by atoms with van der Waals surface area (Å²) >= 11 is 0. The van der Waals surface area contributed by atoms with Crippen LogP contribution in [0.2, 0.25) is 0 Å². The fraction of sp³-hybridized carbons (Fsp3) is 0.500. The number of halogens is 1. The van der Waals surface area contributed by atoms with Crippen molar-refractivity contribution in [2.75, 3.05) is 46.6 Å². The Morgan fingerprint density at radius 1 is 1.19 bits per heavy atom. The minimum absolute atomic E-state index is 0.126. The van der Waals surface area contributed by atoms with Crippen molar-refractivity contribution in [1.82, 2.24) is 14.5 Å². The third-order valence-electron chi connectivity index (χ3n) is 6.92. The van der Waals surface area contributed by atoms with Gasteiger partial charge in [0.2, 0.25) is 0 Å². The van der Waals surface area contributed by atoms with Gasteiger partial charge in [0.05, 0.1) is 44.5 Å². The van der Waals surface area contributed by atoms with Crippen molar-refractivity contribution in [2.24, 2.45) is 11.3 Å². The van der Waals surface area contributed by atoms with Crippen LogP contribution in [-0.2, 0) is 16.1 Å². The van der Waals surface area contributed by atoms with Gasteiger partial charge in [-0.1, -0.05) is 13.8 Å². The highest BCUT2D eigenvalue weighted by Crippen LogP contribution is 2.37. The Morgan fingerprint density at radius 2 is 2.00 bits per heavy atom. The quantitative estimate of drug-likeness (QED) is 0.363. The van der Waals surface area contributed by atoms with Crippen LogP contribution in [0.15, 0.2) is 36.4 Å². The lowest BCUT2D eigenvalue weighted by atomic mass is 9.78. The Morgan fingerprint density at radius 3 is 2.69 bits per heavy atom. The monoisotopic (exact) mass is 495 g/mol. The number of nitrogens with zero attached hydrogens (tertiary/aromatic N) is 3. The second-order valence-electron chi connectivity index (χ2n) is 10.6. The average Bonchev–Trinajstić information content (AvgIpc) is 3.13. The van der Waals surface area contributed by atoms with Crippen molar-refractivity contribution in [3.05, 3.63) is 42.2 Å². The molecule has 2 aromatic carbocycles. The number of ketones is 1. The molecule has 1 spiro atoms. The number of ether oxygens (including phenoxy) is 3. The molecule has 0 radical (unpaired) electrons. The van der Waals surface area contributed by atoms with Gasteiger partial charge in [-0.05, 0) is 42.7 Å². The molecule has 1 aromatic heterocycles. The molecular weight excluding hydrogens is 461 g/mol. The largest absolute Gasteiger partial charge is 0.494 e. The van der Waals surface area contributed by atoms with Gasteiger partial charge in [-0.25, -0.2) is 9.37 Å². The zero-order valence-electron chi connectivity index (χ0n) is 21.3. The van der Waals surface area contributed by atoms with Crippen LogP contribution in [-0.4, -0.2) is 66.8 Å². The zero-order valence-corrected chi connectivity index (χ0v) is 21.3. The van der Waals surface area contributed by atoms with E-state index in [0.717, 1.165) is 56.1 Å². The van der Waals surface area contributed by atoms with Crippen LogP contribution in [0.3, 0.4) is 0 Å². The molecule has 0 amide bonds. The molecule has 0 atom stereocenters. The molecule has 0 N–H and O–H groups in total. The third-order valence-corrected chi connectivity index (χ3v) is 6.92. The number of methoxy groups -OCH3 is 1. The molecule has 0 saturated carbocycles. The molecule has 3 heterocycles. The van der Waals surface area contributed by atoms with Crippen LogP contribution in [0.25, 0.3) is 22.4 Å². The fourth-order valence-corrected chi connectivity index (χ4v) is 5.19. The molecule has 2 fully saturated rings. The predicted octanol–water partition coefficient (Wildman–Crippen LogP) is 4.57. The Hall–Kier alpha value is -2.97. The Kier molecular flexibility index (Phi) is 6.99. The first-order valence-corrected chi connectivity index (χ1v) is 12.6. The molecule has 2 saturated heterocycles. The summed E-state index contributed by atoms with van der Waals surface area (Å²) in [7, 11) is 1.43. The molecule has 0 unspecified atom stereocenters. The molecule has 36 heavy (non-hydrogen) atoms. The lowest BCUT2D eigenvalue weighted by Crippen LogP contribution is -2.65. The van der Waals surface area contributed by atoms with Gasteiger partial charge in [-0.2, -0.15) is 0 Å². The van der Waals surface area contributed by atoms with Gasteiger partial charge in [0.15, 0.2) is 17.3 Å². The van der Waals surface area contributed by atoms with Gasteiger partial charge in [-0.3, -0.25) is 4.79 Å². The zero-order chi connectivity index (χ0) is 25.3. The highest BCUT2D eigenvalue weighted by atomic mass is 19.1. The number of aromatic nitrogens is 2. The van der Waals surface area contributed by atoms with E-state index in [9.17, 15) is 9.18 Å². The molecule has 5 rings (SSSR count). The minimum Gasteiger partial charge on any atom is -0.494 e. The van der Waals surface area contributed by atoms with Crippen LogP contribution < -0.4 is 9.47 Å². The molecule has 3 aromatic rings. The van der Waals surface area contributed by atoms with Crippen LogP contribution >= 0.6 is 0 Å². The Bertz CT molecular complexity index is 1240. The highest BCUT2D eigenvalue weighted by molar-refractivity contribution is 5.86.